The number of benzene rings is 2. The molecular formula is C24H25NO5. The highest BCUT2D eigenvalue weighted by Crippen LogP contribution is 2.28. The third-order valence-corrected chi connectivity index (χ3v) is 5.35. The molecule has 2 aromatic carbocycles. The first-order valence-electron chi connectivity index (χ1n) is 10.3. The number of furan rings is 1. The molecule has 1 heterocycles. The third kappa shape index (κ3) is 4.09. The quantitative estimate of drug-likeness (QED) is 0.577. The lowest BCUT2D eigenvalue weighted by atomic mass is 10.1. The lowest BCUT2D eigenvalue weighted by Crippen LogP contribution is -2.30. The van der Waals surface area contributed by atoms with E-state index in [9.17, 15) is 9.59 Å². The van der Waals surface area contributed by atoms with Crippen molar-refractivity contribution in [3.63, 3.8) is 0 Å². The van der Waals surface area contributed by atoms with Crippen LogP contribution in [0.15, 0.2) is 46.9 Å². The Morgan fingerprint density at radius 1 is 1.13 bits per heavy atom. The summed E-state index contributed by atoms with van der Waals surface area (Å²) in [5.74, 6) is -0.997. The fourth-order valence-corrected chi connectivity index (χ4v) is 3.77. The second-order valence-corrected chi connectivity index (χ2v) is 7.42. The maximum absolute atomic E-state index is 12.8. The zero-order valence-electron chi connectivity index (χ0n) is 17.2. The number of rotatable bonds is 7. The van der Waals surface area contributed by atoms with Gasteiger partial charge >= 0.3 is 5.97 Å². The van der Waals surface area contributed by atoms with Gasteiger partial charge in [0.1, 0.15) is 5.58 Å². The summed E-state index contributed by atoms with van der Waals surface area (Å²) in [6.07, 6.45) is 2.28. The number of aryl methyl sites for hydroxylation is 2. The van der Waals surface area contributed by atoms with Gasteiger partial charge in [-0.1, -0.05) is 24.3 Å². The van der Waals surface area contributed by atoms with E-state index in [1.54, 1.807) is 13.0 Å². The van der Waals surface area contributed by atoms with Crippen LogP contribution < -0.4 is 5.32 Å². The minimum absolute atomic E-state index is 0.0711. The number of nitrogens with one attached hydrogen (secondary N) is 1. The van der Waals surface area contributed by atoms with E-state index < -0.39 is 12.1 Å². The first kappa shape index (κ1) is 20.2. The summed E-state index contributed by atoms with van der Waals surface area (Å²) in [5, 5.41) is 3.63. The van der Waals surface area contributed by atoms with Crippen molar-refractivity contribution >= 4 is 28.5 Å². The smallest absolute Gasteiger partial charge is 0.375 e. The van der Waals surface area contributed by atoms with Crippen LogP contribution in [-0.2, 0) is 33.7 Å². The Kier molecular flexibility index (Phi) is 5.86. The zero-order chi connectivity index (χ0) is 21.1. The summed E-state index contributed by atoms with van der Waals surface area (Å²) in [6, 6.07) is 13.3. The van der Waals surface area contributed by atoms with Crippen LogP contribution in [0.5, 0.6) is 0 Å². The molecule has 0 saturated carbocycles. The fourth-order valence-electron chi connectivity index (χ4n) is 3.77. The lowest BCUT2D eigenvalue weighted by molar-refractivity contribution is -0.123. The number of esters is 1. The Balaban J connectivity index is 1.47. The van der Waals surface area contributed by atoms with Crippen LogP contribution in [0.3, 0.4) is 0 Å². The van der Waals surface area contributed by atoms with E-state index in [1.165, 1.54) is 11.1 Å². The molecule has 6 heteroatoms. The fraction of sp³-hybridized carbons (Fsp3) is 0.333. The normalized spacial score (nSPS) is 13.8. The first-order valence-corrected chi connectivity index (χ1v) is 10.3. The van der Waals surface area contributed by atoms with Crippen LogP contribution in [0, 0.1) is 0 Å². The van der Waals surface area contributed by atoms with Crippen molar-refractivity contribution in [3.8, 4) is 0 Å². The number of carbonyl (C=O) groups is 2. The van der Waals surface area contributed by atoms with Crippen LogP contribution in [0.2, 0.25) is 0 Å². The molecule has 1 aliphatic rings. The number of fused-ring (bicyclic) bond motifs is 2. The van der Waals surface area contributed by atoms with Gasteiger partial charge in [0.2, 0.25) is 5.76 Å². The van der Waals surface area contributed by atoms with E-state index in [2.05, 4.69) is 5.32 Å². The average Bonchev–Trinajstić information content (AvgIpc) is 3.36. The van der Waals surface area contributed by atoms with Crippen molar-refractivity contribution in [2.24, 2.45) is 0 Å². The summed E-state index contributed by atoms with van der Waals surface area (Å²) in [6.45, 7) is 4.17. The van der Waals surface area contributed by atoms with Crippen molar-refractivity contribution in [1.29, 1.82) is 0 Å². The molecule has 156 valence electrons. The SMILES string of the molecule is CCOCc1c(C(=O)O[C@@H](C)C(=O)Nc2ccc3c(c2)CCC3)oc2ccccc12. The Morgan fingerprint density at radius 3 is 2.77 bits per heavy atom. The minimum atomic E-state index is -0.973. The van der Waals surface area contributed by atoms with Gasteiger partial charge in [0, 0.05) is 23.2 Å². The summed E-state index contributed by atoms with van der Waals surface area (Å²) >= 11 is 0. The number of anilines is 1. The molecular weight excluding hydrogens is 382 g/mol. The van der Waals surface area contributed by atoms with Gasteiger partial charge in [-0.2, -0.15) is 0 Å². The van der Waals surface area contributed by atoms with E-state index in [4.69, 9.17) is 13.9 Å². The van der Waals surface area contributed by atoms with Crippen molar-refractivity contribution in [1.82, 2.24) is 0 Å². The number of amides is 1. The molecule has 3 aromatic rings. The van der Waals surface area contributed by atoms with E-state index >= 15 is 0 Å². The Morgan fingerprint density at radius 2 is 1.93 bits per heavy atom. The molecule has 1 aliphatic carbocycles. The van der Waals surface area contributed by atoms with Gasteiger partial charge in [0.15, 0.2) is 6.10 Å². The summed E-state index contributed by atoms with van der Waals surface area (Å²) in [5.41, 5.74) is 4.52. The summed E-state index contributed by atoms with van der Waals surface area (Å²) in [4.78, 5) is 25.3. The molecule has 1 aromatic heterocycles. The van der Waals surface area contributed by atoms with Crippen LogP contribution in [0.1, 0.15) is 47.5 Å². The van der Waals surface area contributed by atoms with Gasteiger partial charge in [0.25, 0.3) is 5.91 Å². The topological polar surface area (TPSA) is 77.8 Å². The molecule has 0 saturated heterocycles. The van der Waals surface area contributed by atoms with Gasteiger partial charge in [-0.3, -0.25) is 4.79 Å². The molecule has 0 bridgehead atoms. The molecule has 1 N–H and O–H groups in total. The highest BCUT2D eigenvalue weighted by Gasteiger charge is 2.26. The Bertz CT molecular complexity index is 1080. The molecule has 0 aliphatic heterocycles. The van der Waals surface area contributed by atoms with E-state index in [1.807, 2.05) is 43.3 Å². The van der Waals surface area contributed by atoms with Crippen molar-refractivity contribution in [3.05, 3.63) is 64.9 Å². The molecule has 1 atom stereocenters. The largest absolute Gasteiger partial charge is 0.449 e. The Labute approximate surface area is 175 Å². The molecule has 6 nitrogen and oxygen atoms in total. The standard InChI is InChI=1S/C24H25NO5/c1-3-28-14-20-19-9-4-5-10-21(19)30-22(20)24(27)29-15(2)23(26)25-18-12-11-16-7-6-8-17(16)13-18/h4-5,9-13,15H,3,6-8,14H2,1-2H3,(H,25,26)/t15-/m0/s1. The van der Waals surface area contributed by atoms with Gasteiger partial charge in [-0.15, -0.1) is 0 Å². The monoisotopic (exact) mass is 407 g/mol. The Hall–Kier alpha value is -3.12. The first-order chi connectivity index (χ1) is 14.6. The lowest BCUT2D eigenvalue weighted by Gasteiger charge is -2.14. The van der Waals surface area contributed by atoms with Crippen molar-refractivity contribution in [2.75, 3.05) is 11.9 Å². The number of carbonyl (C=O) groups excluding carboxylic acids is 2. The maximum Gasteiger partial charge on any atom is 0.375 e. The predicted molar refractivity (Wildman–Crippen MR) is 114 cm³/mol. The molecule has 0 radical (unpaired) electrons. The zero-order valence-corrected chi connectivity index (χ0v) is 17.2. The van der Waals surface area contributed by atoms with E-state index in [0.717, 1.165) is 24.6 Å². The number of hydrogen-bond acceptors (Lipinski definition) is 5. The minimum Gasteiger partial charge on any atom is -0.449 e. The van der Waals surface area contributed by atoms with Gasteiger partial charge in [-0.25, -0.2) is 4.79 Å². The van der Waals surface area contributed by atoms with Crippen molar-refractivity contribution in [2.45, 2.75) is 45.8 Å². The molecule has 30 heavy (non-hydrogen) atoms. The average molecular weight is 407 g/mol. The van der Waals surface area contributed by atoms with Crippen LogP contribution >= 0.6 is 0 Å². The van der Waals surface area contributed by atoms with Gasteiger partial charge in [-0.05, 0) is 62.4 Å². The molecule has 0 unspecified atom stereocenters. The third-order valence-electron chi connectivity index (χ3n) is 5.35. The highest BCUT2D eigenvalue weighted by molar-refractivity contribution is 5.99. The van der Waals surface area contributed by atoms with Gasteiger partial charge < -0.3 is 19.2 Å². The van der Waals surface area contributed by atoms with E-state index in [-0.39, 0.29) is 18.3 Å². The molecule has 0 spiro atoms. The highest BCUT2D eigenvalue weighted by atomic mass is 16.6. The molecule has 0 fully saturated rings. The number of hydrogen-bond donors (Lipinski definition) is 1. The molecule has 1 amide bonds. The van der Waals surface area contributed by atoms with Crippen LogP contribution in [-0.4, -0.2) is 24.6 Å². The maximum atomic E-state index is 12.8. The van der Waals surface area contributed by atoms with E-state index in [0.29, 0.717) is 23.4 Å². The molecule has 4 rings (SSSR count). The summed E-state index contributed by atoms with van der Waals surface area (Å²) in [7, 11) is 0. The van der Waals surface area contributed by atoms with Gasteiger partial charge in [0.05, 0.1) is 6.61 Å². The van der Waals surface area contributed by atoms with Crippen LogP contribution in [0.4, 0.5) is 5.69 Å². The number of ether oxygens (including phenoxy) is 2. The second kappa shape index (κ2) is 8.71. The van der Waals surface area contributed by atoms with Crippen LogP contribution in [0.25, 0.3) is 11.0 Å². The number of para-hydroxylation sites is 1. The predicted octanol–water partition coefficient (Wildman–Crippen LogP) is 4.64. The summed E-state index contributed by atoms with van der Waals surface area (Å²) < 4.78 is 16.6. The van der Waals surface area contributed by atoms with Crippen molar-refractivity contribution < 1.29 is 23.5 Å². The second-order valence-electron chi connectivity index (χ2n) is 7.42.